The number of carbonyl (C=O) groups is 1. The number of aryl methyl sites for hydroxylation is 1. The van der Waals surface area contributed by atoms with Gasteiger partial charge in [0.1, 0.15) is 22.5 Å². The lowest BCUT2D eigenvalue weighted by atomic mass is 10.2. The quantitative estimate of drug-likeness (QED) is 0.776. The third kappa shape index (κ3) is 1.85. The summed E-state index contributed by atoms with van der Waals surface area (Å²) < 4.78 is 9.64. The van der Waals surface area contributed by atoms with Crippen LogP contribution in [-0.2, 0) is 0 Å². The Balaban J connectivity index is 2.32. The summed E-state index contributed by atoms with van der Waals surface area (Å²) in [6, 6.07) is 3.41. The molecule has 19 heavy (non-hydrogen) atoms. The van der Waals surface area contributed by atoms with Crippen LogP contribution in [0, 0.1) is 6.92 Å². The molecule has 0 fully saturated rings. The van der Waals surface area contributed by atoms with Crippen LogP contribution in [0.2, 0.25) is 5.02 Å². The van der Waals surface area contributed by atoms with Crippen molar-refractivity contribution in [3.05, 3.63) is 28.8 Å². The fourth-order valence-corrected chi connectivity index (χ4v) is 2.48. The molecule has 0 aliphatic carbocycles. The van der Waals surface area contributed by atoms with E-state index in [0.29, 0.717) is 27.6 Å². The van der Waals surface area contributed by atoms with Gasteiger partial charge in [-0.05, 0) is 19.1 Å². The van der Waals surface area contributed by atoms with Gasteiger partial charge in [0.15, 0.2) is 0 Å². The van der Waals surface area contributed by atoms with Crippen LogP contribution in [-0.4, -0.2) is 34.6 Å². The SMILES string of the molecule is Cc1nc(C(=O)O)nn1-c1c(Cl)ccc2nsnc12. The van der Waals surface area contributed by atoms with Crippen LogP contribution in [0.25, 0.3) is 16.7 Å². The lowest BCUT2D eigenvalue weighted by Crippen LogP contribution is -2.03. The molecule has 0 aliphatic rings. The van der Waals surface area contributed by atoms with E-state index in [4.69, 9.17) is 16.7 Å². The van der Waals surface area contributed by atoms with Crippen LogP contribution in [0.1, 0.15) is 16.4 Å². The number of benzene rings is 1. The number of hydrogen-bond acceptors (Lipinski definition) is 6. The van der Waals surface area contributed by atoms with Crippen molar-refractivity contribution in [2.24, 2.45) is 0 Å². The van der Waals surface area contributed by atoms with E-state index in [1.807, 2.05) is 0 Å². The maximum Gasteiger partial charge on any atom is 0.375 e. The summed E-state index contributed by atoms with van der Waals surface area (Å²) in [6.07, 6.45) is 0. The van der Waals surface area contributed by atoms with Gasteiger partial charge < -0.3 is 5.11 Å². The second-order valence-electron chi connectivity index (χ2n) is 3.73. The van der Waals surface area contributed by atoms with Crippen LogP contribution in [0.5, 0.6) is 0 Å². The number of aromatic nitrogens is 5. The number of hydrogen-bond donors (Lipinski definition) is 1. The first kappa shape index (κ1) is 12.0. The Morgan fingerprint density at radius 1 is 1.42 bits per heavy atom. The molecule has 96 valence electrons. The summed E-state index contributed by atoms with van der Waals surface area (Å²) in [5.74, 6) is -1.06. The predicted octanol–water partition coefficient (Wildman–Crippen LogP) is 1.93. The third-order valence-electron chi connectivity index (χ3n) is 2.52. The van der Waals surface area contributed by atoms with E-state index in [1.54, 1.807) is 19.1 Å². The van der Waals surface area contributed by atoms with Crippen molar-refractivity contribution in [3.8, 4) is 5.69 Å². The average molecular weight is 296 g/mol. The summed E-state index contributed by atoms with van der Waals surface area (Å²) in [4.78, 5) is 14.8. The van der Waals surface area contributed by atoms with E-state index in [-0.39, 0.29) is 5.82 Å². The van der Waals surface area contributed by atoms with Gasteiger partial charge in [-0.15, -0.1) is 5.10 Å². The van der Waals surface area contributed by atoms with Gasteiger partial charge in [0.25, 0.3) is 5.82 Å². The Bertz CT molecular complexity index is 796. The largest absolute Gasteiger partial charge is 0.475 e. The molecule has 3 aromatic rings. The Labute approximate surface area is 115 Å². The summed E-state index contributed by atoms with van der Waals surface area (Å²) >= 11 is 7.21. The van der Waals surface area contributed by atoms with Crippen molar-refractivity contribution in [1.82, 2.24) is 23.5 Å². The topological polar surface area (TPSA) is 93.8 Å². The van der Waals surface area contributed by atoms with Gasteiger partial charge in [0.2, 0.25) is 0 Å². The van der Waals surface area contributed by atoms with Gasteiger partial charge in [0.05, 0.1) is 16.8 Å². The normalized spacial score (nSPS) is 11.1. The van der Waals surface area contributed by atoms with Crippen LogP contribution >= 0.6 is 23.3 Å². The van der Waals surface area contributed by atoms with Crippen molar-refractivity contribution in [1.29, 1.82) is 0 Å². The molecular weight excluding hydrogens is 290 g/mol. The second-order valence-corrected chi connectivity index (χ2v) is 4.66. The number of rotatable bonds is 2. The van der Waals surface area contributed by atoms with Crippen LogP contribution in [0.4, 0.5) is 0 Å². The second kappa shape index (κ2) is 4.25. The van der Waals surface area contributed by atoms with Crippen molar-refractivity contribution in [2.75, 3.05) is 0 Å². The predicted molar refractivity (Wildman–Crippen MR) is 69.0 cm³/mol. The zero-order chi connectivity index (χ0) is 13.6. The van der Waals surface area contributed by atoms with Gasteiger partial charge >= 0.3 is 5.97 Å². The molecule has 9 heteroatoms. The van der Waals surface area contributed by atoms with Gasteiger partial charge in [-0.1, -0.05) is 11.6 Å². The molecule has 1 N–H and O–H groups in total. The van der Waals surface area contributed by atoms with Crippen molar-refractivity contribution in [2.45, 2.75) is 6.92 Å². The molecule has 0 saturated carbocycles. The zero-order valence-electron chi connectivity index (χ0n) is 9.53. The van der Waals surface area contributed by atoms with Crippen molar-refractivity contribution in [3.63, 3.8) is 0 Å². The highest BCUT2D eigenvalue weighted by Gasteiger charge is 2.19. The number of carboxylic acid groups (broad SMARTS) is 1. The Kier molecular flexibility index (Phi) is 2.68. The fraction of sp³-hybridized carbons (Fsp3) is 0.100. The molecule has 0 spiro atoms. The molecule has 2 aromatic heterocycles. The Morgan fingerprint density at radius 2 is 2.21 bits per heavy atom. The van der Waals surface area contributed by atoms with E-state index in [9.17, 15) is 4.79 Å². The molecule has 7 nitrogen and oxygen atoms in total. The number of halogens is 1. The fourth-order valence-electron chi connectivity index (χ4n) is 1.71. The molecule has 0 saturated heterocycles. The average Bonchev–Trinajstić information content (AvgIpc) is 2.96. The molecular formula is C10H6ClN5O2S. The van der Waals surface area contributed by atoms with E-state index in [0.717, 1.165) is 11.7 Å². The molecule has 0 bridgehead atoms. The molecule has 3 rings (SSSR count). The molecule has 0 aliphatic heterocycles. The third-order valence-corrected chi connectivity index (χ3v) is 3.37. The summed E-state index contributed by atoms with van der Waals surface area (Å²) in [5.41, 5.74) is 1.74. The van der Waals surface area contributed by atoms with Crippen LogP contribution < -0.4 is 0 Å². The summed E-state index contributed by atoms with van der Waals surface area (Å²) in [7, 11) is 0. The molecule has 2 heterocycles. The number of nitrogens with zero attached hydrogens (tertiary/aromatic N) is 5. The lowest BCUT2D eigenvalue weighted by molar-refractivity contribution is 0.0683. The van der Waals surface area contributed by atoms with Gasteiger partial charge in [-0.2, -0.15) is 8.75 Å². The minimum atomic E-state index is -1.19. The zero-order valence-corrected chi connectivity index (χ0v) is 11.1. The standard InChI is InChI=1S/C10H6ClN5O2S/c1-4-12-9(10(17)18)13-16(4)8-5(11)2-3-6-7(8)15-19-14-6/h2-3H,1H3,(H,17,18). The van der Waals surface area contributed by atoms with Crippen molar-refractivity contribution >= 4 is 40.3 Å². The highest BCUT2D eigenvalue weighted by Crippen LogP contribution is 2.28. The van der Waals surface area contributed by atoms with Crippen LogP contribution in [0.15, 0.2) is 12.1 Å². The smallest absolute Gasteiger partial charge is 0.375 e. The van der Waals surface area contributed by atoms with Gasteiger partial charge in [-0.25, -0.2) is 14.5 Å². The summed E-state index contributed by atoms with van der Waals surface area (Å²) in [6.45, 7) is 1.65. The molecule has 1 aromatic carbocycles. The van der Waals surface area contributed by atoms with E-state index in [1.165, 1.54) is 4.68 Å². The van der Waals surface area contributed by atoms with E-state index >= 15 is 0 Å². The first-order valence-electron chi connectivity index (χ1n) is 5.16. The highest BCUT2D eigenvalue weighted by atomic mass is 35.5. The minimum absolute atomic E-state index is 0.284. The molecule has 0 unspecified atom stereocenters. The van der Waals surface area contributed by atoms with Crippen molar-refractivity contribution < 1.29 is 9.90 Å². The van der Waals surface area contributed by atoms with Crippen LogP contribution in [0.3, 0.4) is 0 Å². The summed E-state index contributed by atoms with van der Waals surface area (Å²) in [5, 5.41) is 13.3. The maximum absolute atomic E-state index is 10.9. The van der Waals surface area contributed by atoms with Gasteiger partial charge in [-0.3, -0.25) is 0 Å². The Morgan fingerprint density at radius 3 is 2.89 bits per heavy atom. The number of aromatic carboxylic acids is 1. The first-order valence-corrected chi connectivity index (χ1v) is 6.27. The Hall–Kier alpha value is -2.06. The monoisotopic (exact) mass is 295 g/mol. The highest BCUT2D eigenvalue weighted by molar-refractivity contribution is 7.00. The number of fused-ring (bicyclic) bond motifs is 1. The maximum atomic E-state index is 10.9. The first-order chi connectivity index (χ1) is 9.08. The van der Waals surface area contributed by atoms with E-state index < -0.39 is 5.97 Å². The molecule has 0 amide bonds. The minimum Gasteiger partial charge on any atom is -0.475 e. The lowest BCUT2D eigenvalue weighted by Gasteiger charge is -2.05. The number of carboxylic acids is 1. The molecule has 0 radical (unpaired) electrons. The van der Waals surface area contributed by atoms with E-state index in [2.05, 4.69) is 18.8 Å². The van der Waals surface area contributed by atoms with Gasteiger partial charge in [0, 0.05) is 0 Å². The molecule has 0 atom stereocenters.